The van der Waals surface area contributed by atoms with Gasteiger partial charge in [-0.1, -0.05) is 47.5 Å². The molecule has 0 heterocycles. The molecule has 0 amide bonds. The second-order valence-corrected chi connectivity index (χ2v) is 5.08. The van der Waals surface area contributed by atoms with E-state index < -0.39 is 12.2 Å². The van der Waals surface area contributed by atoms with Crippen molar-refractivity contribution in [1.29, 1.82) is 0 Å². The lowest BCUT2D eigenvalue weighted by Gasteiger charge is -2.09. The molecule has 1 unspecified atom stereocenters. The number of rotatable bonds is 4. The van der Waals surface area contributed by atoms with E-state index in [2.05, 4.69) is 4.99 Å². The molecule has 0 aliphatic carbocycles. The van der Waals surface area contributed by atoms with Crippen LogP contribution >= 0.6 is 23.2 Å². The van der Waals surface area contributed by atoms with Crippen LogP contribution in [0, 0.1) is 0 Å². The summed E-state index contributed by atoms with van der Waals surface area (Å²) in [5.41, 5.74) is 1.63. The highest BCUT2D eigenvalue weighted by Crippen LogP contribution is 2.17. The number of halogens is 2. The topological polar surface area (TPSA) is 69.9 Å². The van der Waals surface area contributed by atoms with Crippen molar-refractivity contribution in [3.8, 4) is 0 Å². The molecular weight excluding hydrogens is 313 g/mol. The quantitative estimate of drug-likeness (QED) is 0.848. The van der Waals surface area contributed by atoms with E-state index in [1.54, 1.807) is 48.5 Å². The summed E-state index contributed by atoms with van der Waals surface area (Å²) in [5, 5.41) is 19.4. The van der Waals surface area contributed by atoms with Crippen molar-refractivity contribution in [2.75, 3.05) is 0 Å². The fourth-order valence-electron chi connectivity index (χ4n) is 1.71. The lowest BCUT2D eigenvalue weighted by molar-refractivity contribution is -0.146. The Morgan fingerprint density at radius 2 is 1.29 bits per heavy atom. The minimum absolute atomic E-state index is 0.346. The minimum Gasteiger partial charge on any atom is -0.478 e. The number of aliphatic carboxylic acids is 1. The average Bonchev–Trinajstić information content (AvgIpc) is 2.46. The number of carboxylic acids is 1. The highest BCUT2D eigenvalue weighted by atomic mass is 35.5. The molecule has 4 nitrogen and oxygen atoms in total. The van der Waals surface area contributed by atoms with Gasteiger partial charge in [-0.25, -0.2) is 9.79 Å². The second-order valence-electron chi connectivity index (χ2n) is 4.20. The fourth-order valence-corrected chi connectivity index (χ4v) is 1.96. The van der Waals surface area contributed by atoms with Gasteiger partial charge in [0.25, 0.3) is 0 Å². The van der Waals surface area contributed by atoms with Crippen LogP contribution in [0.25, 0.3) is 0 Å². The number of carbonyl (C=O) groups is 1. The molecule has 6 heteroatoms. The molecule has 0 aromatic heterocycles. The molecule has 1 atom stereocenters. The molecule has 2 aromatic carbocycles. The highest BCUT2D eigenvalue weighted by molar-refractivity contribution is 6.31. The Balaban J connectivity index is 2.51. The van der Waals surface area contributed by atoms with E-state index in [1.165, 1.54) is 0 Å². The van der Waals surface area contributed by atoms with Crippen molar-refractivity contribution in [2.24, 2.45) is 4.99 Å². The Hall–Kier alpha value is -1.88. The first-order valence-corrected chi connectivity index (χ1v) is 6.73. The molecule has 0 saturated carbocycles. The number of benzene rings is 2. The van der Waals surface area contributed by atoms with E-state index in [-0.39, 0.29) is 0 Å². The van der Waals surface area contributed by atoms with Crippen LogP contribution in [0.15, 0.2) is 53.5 Å². The van der Waals surface area contributed by atoms with Gasteiger partial charge in [0.05, 0.1) is 5.71 Å². The normalized spacial score (nSPS) is 11.8. The van der Waals surface area contributed by atoms with Crippen LogP contribution in [0.3, 0.4) is 0 Å². The first kappa shape index (κ1) is 15.5. The molecule has 0 saturated heterocycles. The Morgan fingerprint density at radius 3 is 1.62 bits per heavy atom. The summed E-state index contributed by atoms with van der Waals surface area (Å²) in [5.74, 6) is -1.42. The number of nitrogens with zero attached hydrogens (tertiary/aromatic N) is 1. The first-order chi connectivity index (χ1) is 9.97. The van der Waals surface area contributed by atoms with Crippen molar-refractivity contribution >= 4 is 34.9 Å². The van der Waals surface area contributed by atoms with Crippen LogP contribution in [-0.2, 0) is 4.79 Å². The molecular formula is C15H11Cl2NO3. The predicted molar refractivity (Wildman–Crippen MR) is 82.2 cm³/mol. The summed E-state index contributed by atoms with van der Waals surface area (Å²) in [6, 6.07) is 13.4. The Kier molecular flexibility index (Phi) is 4.96. The minimum atomic E-state index is -1.84. The number of aliphatic hydroxyl groups is 1. The summed E-state index contributed by atoms with van der Waals surface area (Å²) in [4.78, 5) is 14.7. The number of hydrogen-bond donors (Lipinski definition) is 2. The average molecular weight is 324 g/mol. The fraction of sp³-hybridized carbons (Fsp3) is 0.0667. The zero-order valence-corrected chi connectivity index (χ0v) is 12.2. The number of aliphatic imine (C=N–C) groups is 1. The maximum atomic E-state index is 10.8. The zero-order chi connectivity index (χ0) is 15.4. The zero-order valence-electron chi connectivity index (χ0n) is 10.7. The van der Waals surface area contributed by atoms with Crippen LogP contribution in [0.4, 0.5) is 0 Å². The van der Waals surface area contributed by atoms with Crippen molar-refractivity contribution < 1.29 is 15.0 Å². The third-order valence-corrected chi connectivity index (χ3v) is 3.21. The van der Waals surface area contributed by atoms with Crippen LogP contribution in [0.5, 0.6) is 0 Å². The Labute approximate surface area is 131 Å². The van der Waals surface area contributed by atoms with Crippen molar-refractivity contribution in [2.45, 2.75) is 6.23 Å². The third-order valence-electron chi connectivity index (χ3n) is 2.71. The largest absolute Gasteiger partial charge is 0.478 e. The third kappa shape index (κ3) is 4.04. The molecule has 108 valence electrons. The second kappa shape index (κ2) is 6.72. The van der Waals surface area contributed by atoms with E-state index in [0.717, 1.165) is 0 Å². The molecule has 0 spiro atoms. The van der Waals surface area contributed by atoms with Gasteiger partial charge in [0.1, 0.15) is 0 Å². The molecule has 2 aromatic rings. The summed E-state index contributed by atoms with van der Waals surface area (Å²) in [6.45, 7) is 0. The van der Waals surface area contributed by atoms with Gasteiger partial charge in [-0.3, -0.25) is 0 Å². The standard InChI is InChI=1S/C15H11Cl2NO3/c16-11-5-1-9(2-6-11)13(18-14(19)15(20)21)10-3-7-12(17)8-4-10/h1-8,14,19H,(H,20,21). The summed E-state index contributed by atoms with van der Waals surface area (Å²) in [7, 11) is 0. The van der Waals surface area contributed by atoms with Gasteiger partial charge < -0.3 is 10.2 Å². The predicted octanol–water partition coefficient (Wildman–Crippen LogP) is 3.23. The van der Waals surface area contributed by atoms with Crippen molar-refractivity contribution in [3.05, 3.63) is 69.7 Å². The van der Waals surface area contributed by atoms with Crippen LogP contribution in [0.1, 0.15) is 11.1 Å². The van der Waals surface area contributed by atoms with Crippen LogP contribution in [-0.4, -0.2) is 28.1 Å². The van der Waals surface area contributed by atoms with E-state index in [0.29, 0.717) is 26.9 Å². The lowest BCUT2D eigenvalue weighted by Crippen LogP contribution is -2.20. The van der Waals surface area contributed by atoms with Crippen molar-refractivity contribution in [3.63, 3.8) is 0 Å². The maximum Gasteiger partial charge on any atom is 0.355 e. The number of carboxylic acid groups (broad SMARTS) is 1. The molecule has 0 aliphatic heterocycles. The number of aliphatic hydroxyl groups excluding tert-OH is 1. The summed E-state index contributed by atoms with van der Waals surface area (Å²) >= 11 is 11.7. The van der Waals surface area contributed by atoms with Crippen molar-refractivity contribution in [1.82, 2.24) is 0 Å². The smallest absolute Gasteiger partial charge is 0.355 e. The van der Waals surface area contributed by atoms with Gasteiger partial charge >= 0.3 is 5.97 Å². The summed E-state index contributed by atoms with van der Waals surface area (Å²) < 4.78 is 0. The summed E-state index contributed by atoms with van der Waals surface area (Å²) in [6.07, 6.45) is -1.84. The van der Waals surface area contributed by atoms with Gasteiger partial charge in [-0.2, -0.15) is 0 Å². The van der Waals surface area contributed by atoms with Crippen LogP contribution in [0.2, 0.25) is 10.0 Å². The molecule has 2 rings (SSSR count). The van der Waals surface area contributed by atoms with Gasteiger partial charge in [0, 0.05) is 21.2 Å². The van der Waals surface area contributed by atoms with Gasteiger partial charge in [0.2, 0.25) is 6.23 Å². The van der Waals surface area contributed by atoms with E-state index in [4.69, 9.17) is 28.3 Å². The molecule has 0 aliphatic rings. The number of hydrogen-bond acceptors (Lipinski definition) is 3. The first-order valence-electron chi connectivity index (χ1n) is 5.98. The van der Waals surface area contributed by atoms with Gasteiger partial charge in [0.15, 0.2) is 0 Å². The molecule has 0 fully saturated rings. The van der Waals surface area contributed by atoms with E-state index in [1.807, 2.05) is 0 Å². The van der Waals surface area contributed by atoms with E-state index in [9.17, 15) is 9.90 Å². The van der Waals surface area contributed by atoms with Gasteiger partial charge in [-0.05, 0) is 24.3 Å². The molecule has 0 radical (unpaired) electrons. The Morgan fingerprint density at radius 1 is 0.905 bits per heavy atom. The molecule has 21 heavy (non-hydrogen) atoms. The highest BCUT2D eigenvalue weighted by Gasteiger charge is 2.15. The van der Waals surface area contributed by atoms with Crippen LogP contribution < -0.4 is 0 Å². The van der Waals surface area contributed by atoms with Gasteiger partial charge in [-0.15, -0.1) is 0 Å². The SMILES string of the molecule is O=C(O)C(O)N=C(c1ccc(Cl)cc1)c1ccc(Cl)cc1. The monoisotopic (exact) mass is 323 g/mol. The Bertz CT molecular complexity index is 619. The molecule has 2 N–H and O–H groups in total. The van der Waals surface area contributed by atoms with E-state index >= 15 is 0 Å². The molecule has 0 bridgehead atoms. The lowest BCUT2D eigenvalue weighted by atomic mass is 10.0. The maximum absolute atomic E-state index is 10.8.